The molecule has 6 nitrogen and oxygen atoms in total. The van der Waals surface area contributed by atoms with E-state index in [0.717, 1.165) is 24.3 Å². The molecular weight excluding hydrogens is 266 g/mol. The summed E-state index contributed by atoms with van der Waals surface area (Å²) < 4.78 is 0. The Hall–Kier alpha value is -1.76. The molecule has 3 N–H and O–H groups in total. The summed E-state index contributed by atoms with van der Waals surface area (Å²) in [6.07, 6.45) is 1.96. The van der Waals surface area contributed by atoms with Crippen LogP contribution in [0, 0.1) is 10.1 Å². The number of rotatable bonds is 3. The highest BCUT2D eigenvalue weighted by atomic mass is 32.2. The molecule has 102 valence electrons. The molecule has 19 heavy (non-hydrogen) atoms. The summed E-state index contributed by atoms with van der Waals surface area (Å²) in [4.78, 5) is 22.5. The molecule has 1 unspecified atom stereocenters. The van der Waals surface area contributed by atoms with Gasteiger partial charge in [-0.1, -0.05) is 6.07 Å². The van der Waals surface area contributed by atoms with E-state index in [2.05, 4.69) is 5.32 Å². The van der Waals surface area contributed by atoms with Crippen molar-refractivity contribution >= 4 is 29.0 Å². The molecule has 0 aliphatic carbocycles. The number of amides is 1. The second kappa shape index (κ2) is 5.92. The first-order valence-corrected chi connectivity index (χ1v) is 7.16. The molecule has 0 aromatic heterocycles. The van der Waals surface area contributed by atoms with Gasteiger partial charge in [-0.2, -0.15) is 11.8 Å². The van der Waals surface area contributed by atoms with E-state index in [1.165, 1.54) is 12.1 Å². The van der Waals surface area contributed by atoms with Crippen molar-refractivity contribution in [2.45, 2.75) is 18.9 Å². The summed E-state index contributed by atoms with van der Waals surface area (Å²) in [5.41, 5.74) is 5.29. The van der Waals surface area contributed by atoms with Crippen LogP contribution in [0.15, 0.2) is 18.2 Å². The van der Waals surface area contributed by atoms with Gasteiger partial charge < -0.3 is 11.1 Å². The highest BCUT2D eigenvalue weighted by molar-refractivity contribution is 7.99. The van der Waals surface area contributed by atoms with Crippen molar-refractivity contribution in [3.8, 4) is 0 Å². The van der Waals surface area contributed by atoms with E-state index in [4.69, 9.17) is 5.73 Å². The number of nitro benzene ring substituents is 1. The lowest BCUT2D eigenvalue weighted by Crippen LogP contribution is -2.38. The zero-order chi connectivity index (χ0) is 13.8. The minimum Gasteiger partial charge on any atom is -0.393 e. The summed E-state index contributed by atoms with van der Waals surface area (Å²) in [6.45, 7) is 0. The normalized spacial score (nSPS) is 18.8. The minimum absolute atomic E-state index is 0.00988. The lowest BCUT2D eigenvalue weighted by Gasteiger charge is -2.22. The van der Waals surface area contributed by atoms with E-state index in [0.29, 0.717) is 0 Å². The SMILES string of the molecule is Nc1cccc(C(=O)NC2CCCSC2)c1[N+](=O)[O-]. The van der Waals surface area contributed by atoms with Gasteiger partial charge in [0.15, 0.2) is 0 Å². The van der Waals surface area contributed by atoms with Gasteiger partial charge in [-0.3, -0.25) is 14.9 Å². The van der Waals surface area contributed by atoms with Crippen molar-refractivity contribution < 1.29 is 9.72 Å². The monoisotopic (exact) mass is 281 g/mol. The van der Waals surface area contributed by atoms with Gasteiger partial charge in [0.1, 0.15) is 11.3 Å². The molecule has 0 bridgehead atoms. The maximum absolute atomic E-state index is 12.1. The molecule has 0 spiro atoms. The zero-order valence-electron chi connectivity index (χ0n) is 10.3. The highest BCUT2D eigenvalue weighted by Gasteiger charge is 2.25. The molecule has 1 aromatic rings. The predicted octanol–water partition coefficient (Wildman–Crippen LogP) is 1.80. The molecule has 0 radical (unpaired) electrons. The zero-order valence-corrected chi connectivity index (χ0v) is 11.1. The Morgan fingerprint density at radius 3 is 2.95 bits per heavy atom. The first kappa shape index (κ1) is 13.7. The molecule has 1 saturated heterocycles. The Bertz CT molecular complexity index is 501. The van der Waals surface area contributed by atoms with Gasteiger partial charge >= 0.3 is 5.69 Å². The first-order valence-electron chi connectivity index (χ1n) is 6.01. The highest BCUT2D eigenvalue weighted by Crippen LogP contribution is 2.26. The predicted molar refractivity (Wildman–Crippen MR) is 75.3 cm³/mol. The van der Waals surface area contributed by atoms with Crippen LogP contribution >= 0.6 is 11.8 Å². The number of hydrogen-bond acceptors (Lipinski definition) is 5. The Morgan fingerprint density at radius 1 is 1.53 bits per heavy atom. The lowest BCUT2D eigenvalue weighted by molar-refractivity contribution is -0.384. The van der Waals surface area contributed by atoms with Crippen molar-refractivity contribution in [1.29, 1.82) is 0 Å². The Balaban J connectivity index is 2.18. The Kier molecular flexibility index (Phi) is 4.26. The molecule has 1 aliphatic rings. The van der Waals surface area contributed by atoms with E-state index in [1.807, 2.05) is 0 Å². The Labute approximate surface area is 114 Å². The number of nitrogens with two attached hydrogens (primary N) is 1. The van der Waals surface area contributed by atoms with Gasteiger partial charge in [-0.15, -0.1) is 0 Å². The number of carbonyl (C=O) groups excluding carboxylic acids is 1. The molecule has 1 amide bonds. The number of nitrogens with zero attached hydrogens (tertiary/aromatic N) is 1. The number of nitrogens with one attached hydrogen (secondary N) is 1. The molecule has 1 atom stereocenters. The molecule has 1 aromatic carbocycles. The average molecular weight is 281 g/mol. The lowest BCUT2D eigenvalue weighted by atomic mass is 10.1. The largest absolute Gasteiger partial charge is 0.393 e. The van der Waals surface area contributed by atoms with Gasteiger partial charge in [0.05, 0.1) is 4.92 Å². The van der Waals surface area contributed by atoms with Crippen LogP contribution in [0.2, 0.25) is 0 Å². The average Bonchev–Trinajstić information content (AvgIpc) is 2.39. The summed E-state index contributed by atoms with van der Waals surface area (Å²) in [7, 11) is 0. The summed E-state index contributed by atoms with van der Waals surface area (Å²) >= 11 is 1.78. The van der Waals surface area contributed by atoms with Crippen molar-refractivity contribution in [3.05, 3.63) is 33.9 Å². The number of para-hydroxylation sites is 1. The molecule has 1 fully saturated rings. The number of thioether (sulfide) groups is 1. The van der Waals surface area contributed by atoms with Crippen LogP contribution in [-0.4, -0.2) is 28.4 Å². The topological polar surface area (TPSA) is 98.3 Å². The third-order valence-electron chi connectivity index (χ3n) is 2.99. The first-order chi connectivity index (χ1) is 9.09. The van der Waals surface area contributed by atoms with Crippen LogP contribution < -0.4 is 11.1 Å². The van der Waals surface area contributed by atoms with Crippen LogP contribution in [0.3, 0.4) is 0 Å². The van der Waals surface area contributed by atoms with E-state index in [9.17, 15) is 14.9 Å². The van der Waals surface area contributed by atoms with Crippen LogP contribution in [0.1, 0.15) is 23.2 Å². The number of anilines is 1. The van der Waals surface area contributed by atoms with Crippen molar-refractivity contribution in [1.82, 2.24) is 5.32 Å². The Morgan fingerprint density at radius 2 is 2.32 bits per heavy atom. The third-order valence-corrected chi connectivity index (χ3v) is 4.21. The van der Waals surface area contributed by atoms with E-state index >= 15 is 0 Å². The third kappa shape index (κ3) is 3.17. The molecule has 0 saturated carbocycles. The van der Waals surface area contributed by atoms with Crippen LogP contribution in [0.4, 0.5) is 11.4 Å². The minimum atomic E-state index is -0.611. The van der Waals surface area contributed by atoms with Gasteiger partial charge in [0, 0.05) is 11.8 Å². The number of carbonyl (C=O) groups is 1. The maximum Gasteiger partial charge on any atom is 0.304 e. The summed E-state index contributed by atoms with van der Waals surface area (Å²) in [5.74, 6) is 1.53. The van der Waals surface area contributed by atoms with Crippen molar-refractivity contribution in [3.63, 3.8) is 0 Å². The fourth-order valence-electron chi connectivity index (χ4n) is 2.07. The van der Waals surface area contributed by atoms with Crippen LogP contribution in [0.25, 0.3) is 0 Å². The van der Waals surface area contributed by atoms with Crippen molar-refractivity contribution in [2.75, 3.05) is 17.2 Å². The van der Waals surface area contributed by atoms with Crippen LogP contribution in [-0.2, 0) is 0 Å². The number of nitrogen functional groups attached to an aromatic ring is 1. The maximum atomic E-state index is 12.1. The van der Waals surface area contributed by atoms with E-state index < -0.39 is 10.8 Å². The molecular formula is C12H15N3O3S. The van der Waals surface area contributed by atoms with E-state index in [-0.39, 0.29) is 23.0 Å². The molecule has 1 aliphatic heterocycles. The summed E-state index contributed by atoms with van der Waals surface area (Å²) in [5, 5.41) is 13.8. The summed E-state index contributed by atoms with van der Waals surface area (Å²) in [6, 6.07) is 4.48. The fourth-order valence-corrected chi connectivity index (χ4v) is 3.14. The standard InChI is InChI=1S/C12H15N3O3S/c13-10-5-1-4-9(11(10)15(17)18)12(16)14-8-3-2-6-19-7-8/h1,4-5,8H,2-3,6-7,13H2,(H,14,16). The van der Waals surface area contributed by atoms with Crippen molar-refractivity contribution in [2.24, 2.45) is 0 Å². The van der Waals surface area contributed by atoms with Gasteiger partial charge in [0.25, 0.3) is 5.91 Å². The number of benzene rings is 1. The van der Waals surface area contributed by atoms with Crippen LogP contribution in [0.5, 0.6) is 0 Å². The van der Waals surface area contributed by atoms with Gasteiger partial charge in [0.2, 0.25) is 0 Å². The fraction of sp³-hybridized carbons (Fsp3) is 0.417. The smallest absolute Gasteiger partial charge is 0.304 e. The number of hydrogen-bond donors (Lipinski definition) is 2. The number of nitro groups is 1. The molecule has 7 heteroatoms. The van der Waals surface area contributed by atoms with E-state index in [1.54, 1.807) is 17.8 Å². The molecule has 2 rings (SSSR count). The van der Waals surface area contributed by atoms with Gasteiger partial charge in [-0.05, 0) is 30.7 Å². The quantitative estimate of drug-likeness (QED) is 0.500. The second-order valence-corrected chi connectivity index (χ2v) is 5.54. The second-order valence-electron chi connectivity index (χ2n) is 4.39. The van der Waals surface area contributed by atoms with Gasteiger partial charge in [-0.25, -0.2) is 0 Å². The molecule has 1 heterocycles.